The van der Waals surface area contributed by atoms with E-state index in [1.807, 2.05) is 6.92 Å². The quantitative estimate of drug-likeness (QED) is 0.670. The van der Waals surface area contributed by atoms with Crippen LogP contribution in [0.4, 0.5) is 0 Å². The van der Waals surface area contributed by atoms with Gasteiger partial charge in [-0.3, -0.25) is 4.79 Å². The SMILES string of the molecule is CC(N)CNC(=O)Cc1ncco1. The summed E-state index contributed by atoms with van der Waals surface area (Å²) in [5, 5.41) is 2.66. The van der Waals surface area contributed by atoms with Crippen LogP contribution in [0.3, 0.4) is 0 Å². The lowest BCUT2D eigenvalue weighted by Crippen LogP contribution is -2.35. The number of carbonyl (C=O) groups excluding carboxylic acids is 1. The van der Waals surface area contributed by atoms with Gasteiger partial charge in [-0.25, -0.2) is 4.98 Å². The number of hydrogen-bond donors (Lipinski definition) is 2. The molecule has 1 atom stereocenters. The third-order valence-corrected chi connectivity index (χ3v) is 1.42. The maximum absolute atomic E-state index is 11.1. The van der Waals surface area contributed by atoms with Crippen LogP contribution in [0.2, 0.25) is 0 Å². The molecule has 0 fully saturated rings. The minimum atomic E-state index is -0.125. The summed E-state index contributed by atoms with van der Waals surface area (Å²) < 4.78 is 4.91. The molecule has 0 bridgehead atoms. The van der Waals surface area contributed by atoms with Crippen LogP contribution in [-0.2, 0) is 11.2 Å². The number of aromatic nitrogens is 1. The van der Waals surface area contributed by atoms with E-state index in [0.717, 1.165) is 0 Å². The average molecular weight is 183 g/mol. The maximum Gasteiger partial charge on any atom is 0.229 e. The number of hydrogen-bond acceptors (Lipinski definition) is 4. The lowest BCUT2D eigenvalue weighted by Gasteiger charge is -2.05. The van der Waals surface area contributed by atoms with Gasteiger partial charge < -0.3 is 15.5 Å². The first-order valence-corrected chi connectivity index (χ1v) is 4.09. The zero-order valence-corrected chi connectivity index (χ0v) is 7.49. The van der Waals surface area contributed by atoms with Crippen LogP contribution in [0.15, 0.2) is 16.9 Å². The van der Waals surface area contributed by atoms with Crippen LogP contribution in [0, 0.1) is 0 Å². The molecule has 1 aromatic rings. The maximum atomic E-state index is 11.1. The summed E-state index contributed by atoms with van der Waals surface area (Å²) in [6, 6.07) is -0.0338. The Balaban J connectivity index is 2.26. The van der Waals surface area contributed by atoms with Crippen molar-refractivity contribution in [1.29, 1.82) is 0 Å². The molecular formula is C8H13N3O2. The Labute approximate surface area is 76.3 Å². The monoisotopic (exact) mass is 183 g/mol. The first-order chi connectivity index (χ1) is 6.18. The molecule has 72 valence electrons. The molecule has 1 unspecified atom stereocenters. The molecule has 3 N–H and O–H groups in total. The number of carbonyl (C=O) groups is 1. The summed E-state index contributed by atoms with van der Waals surface area (Å²) in [5.41, 5.74) is 5.46. The zero-order chi connectivity index (χ0) is 9.68. The van der Waals surface area contributed by atoms with Gasteiger partial charge in [0.1, 0.15) is 12.7 Å². The highest BCUT2D eigenvalue weighted by atomic mass is 16.3. The first kappa shape index (κ1) is 9.73. The Bertz CT molecular complexity index is 256. The minimum Gasteiger partial charge on any atom is -0.448 e. The van der Waals surface area contributed by atoms with E-state index in [1.165, 1.54) is 12.5 Å². The predicted molar refractivity (Wildman–Crippen MR) is 46.9 cm³/mol. The molecule has 1 rings (SSSR count). The fourth-order valence-corrected chi connectivity index (χ4v) is 0.815. The van der Waals surface area contributed by atoms with E-state index in [0.29, 0.717) is 12.4 Å². The molecule has 0 spiro atoms. The van der Waals surface area contributed by atoms with Crippen molar-refractivity contribution in [2.24, 2.45) is 5.73 Å². The smallest absolute Gasteiger partial charge is 0.229 e. The summed E-state index contributed by atoms with van der Waals surface area (Å²) in [4.78, 5) is 15.0. The van der Waals surface area contributed by atoms with Gasteiger partial charge in [0.15, 0.2) is 0 Å². The van der Waals surface area contributed by atoms with Gasteiger partial charge in [0, 0.05) is 12.6 Å². The Morgan fingerprint density at radius 2 is 2.62 bits per heavy atom. The number of oxazole rings is 1. The fraction of sp³-hybridized carbons (Fsp3) is 0.500. The molecule has 1 amide bonds. The Kier molecular flexibility index (Phi) is 3.45. The molecule has 0 aliphatic rings. The molecule has 0 aliphatic carbocycles. The molecule has 5 heteroatoms. The van der Waals surface area contributed by atoms with Crippen molar-refractivity contribution in [2.75, 3.05) is 6.54 Å². The fourth-order valence-electron chi connectivity index (χ4n) is 0.815. The predicted octanol–water partition coefficient (Wildman–Crippen LogP) is -0.319. The highest BCUT2D eigenvalue weighted by Crippen LogP contribution is 1.94. The molecule has 0 aromatic carbocycles. The molecule has 5 nitrogen and oxygen atoms in total. The lowest BCUT2D eigenvalue weighted by molar-refractivity contribution is -0.120. The second kappa shape index (κ2) is 4.61. The van der Waals surface area contributed by atoms with Crippen LogP contribution in [-0.4, -0.2) is 23.5 Å². The molecule has 1 heterocycles. The van der Waals surface area contributed by atoms with Crippen LogP contribution in [0.25, 0.3) is 0 Å². The molecule has 0 radical (unpaired) electrons. The number of rotatable bonds is 4. The molecule has 1 aromatic heterocycles. The summed E-state index contributed by atoms with van der Waals surface area (Å²) >= 11 is 0. The summed E-state index contributed by atoms with van der Waals surface area (Å²) in [6.45, 7) is 2.30. The number of amides is 1. The van der Waals surface area contributed by atoms with Crippen molar-refractivity contribution >= 4 is 5.91 Å². The second-order valence-electron chi connectivity index (χ2n) is 2.88. The van der Waals surface area contributed by atoms with E-state index in [9.17, 15) is 4.79 Å². The lowest BCUT2D eigenvalue weighted by atomic mass is 10.3. The number of nitrogens with zero attached hydrogens (tertiary/aromatic N) is 1. The van der Waals surface area contributed by atoms with E-state index in [2.05, 4.69) is 10.3 Å². The summed E-state index contributed by atoms with van der Waals surface area (Å²) in [6.07, 6.45) is 3.11. The topological polar surface area (TPSA) is 81.1 Å². The van der Waals surface area contributed by atoms with Crippen LogP contribution < -0.4 is 11.1 Å². The molecular weight excluding hydrogens is 170 g/mol. The molecule has 13 heavy (non-hydrogen) atoms. The largest absolute Gasteiger partial charge is 0.448 e. The summed E-state index contributed by atoms with van der Waals surface area (Å²) in [7, 11) is 0. The van der Waals surface area contributed by atoms with Crippen molar-refractivity contribution in [3.05, 3.63) is 18.4 Å². The molecule has 0 saturated heterocycles. The third-order valence-electron chi connectivity index (χ3n) is 1.42. The van der Waals surface area contributed by atoms with Crippen molar-refractivity contribution in [3.63, 3.8) is 0 Å². The minimum absolute atomic E-state index is 0.0338. The van der Waals surface area contributed by atoms with Crippen LogP contribution >= 0.6 is 0 Å². The van der Waals surface area contributed by atoms with Crippen molar-refractivity contribution < 1.29 is 9.21 Å². The molecule has 0 saturated carbocycles. The van der Waals surface area contributed by atoms with Gasteiger partial charge in [0.2, 0.25) is 11.8 Å². The van der Waals surface area contributed by atoms with E-state index in [1.54, 1.807) is 0 Å². The van der Waals surface area contributed by atoms with Crippen LogP contribution in [0.5, 0.6) is 0 Å². The Morgan fingerprint density at radius 1 is 1.85 bits per heavy atom. The van der Waals surface area contributed by atoms with Gasteiger partial charge >= 0.3 is 0 Å². The number of nitrogens with two attached hydrogens (primary N) is 1. The van der Waals surface area contributed by atoms with E-state index in [4.69, 9.17) is 10.2 Å². The average Bonchev–Trinajstić information content (AvgIpc) is 2.53. The highest BCUT2D eigenvalue weighted by Gasteiger charge is 2.06. The van der Waals surface area contributed by atoms with Gasteiger partial charge in [-0.1, -0.05) is 0 Å². The Morgan fingerprint density at radius 3 is 3.15 bits per heavy atom. The zero-order valence-electron chi connectivity index (χ0n) is 7.49. The van der Waals surface area contributed by atoms with Crippen LogP contribution in [0.1, 0.15) is 12.8 Å². The summed E-state index contributed by atoms with van der Waals surface area (Å²) in [5.74, 6) is 0.293. The van der Waals surface area contributed by atoms with Crippen molar-refractivity contribution in [3.8, 4) is 0 Å². The van der Waals surface area contributed by atoms with Gasteiger partial charge in [-0.2, -0.15) is 0 Å². The Hall–Kier alpha value is -1.36. The van der Waals surface area contributed by atoms with E-state index >= 15 is 0 Å². The van der Waals surface area contributed by atoms with Gasteiger partial charge in [-0.15, -0.1) is 0 Å². The van der Waals surface area contributed by atoms with Crippen molar-refractivity contribution in [2.45, 2.75) is 19.4 Å². The first-order valence-electron chi connectivity index (χ1n) is 4.09. The normalized spacial score (nSPS) is 12.5. The van der Waals surface area contributed by atoms with Gasteiger partial charge in [0.05, 0.1) is 6.20 Å². The third kappa shape index (κ3) is 3.71. The second-order valence-corrected chi connectivity index (χ2v) is 2.88. The van der Waals surface area contributed by atoms with E-state index < -0.39 is 0 Å². The van der Waals surface area contributed by atoms with Gasteiger partial charge in [-0.05, 0) is 6.92 Å². The standard InChI is InChI=1S/C8H13N3O2/c1-6(9)5-11-7(12)4-8-10-2-3-13-8/h2-3,6H,4-5,9H2,1H3,(H,11,12). The van der Waals surface area contributed by atoms with Gasteiger partial charge in [0.25, 0.3) is 0 Å². The van der Waals surface area contributed by atoms with Crippen molar-refractivity contribution in [1.82, 2.24) is 10.3 Å². The van der Waals surface area contributed by atoms with E-state index in [-0.39, 0.29) is 18.4 Å². The highest BCUT2D eigenvalue weighted by molar-refractivity contribution is 5.77. The molecule has 0 aliphatic heterocycles. The number of nitrogens with one attached hydrogen (secondary N) is 1.